The molecule has 0 atom stereocenters. The van der Waals surface area contributed by atoms with Crippen LogP contribution in [0, 0.1) is 0 Å². The van der Waals surface area contributed by atoms with Crippen molar-refractivity contribution in [3.63, 3.8) is 0 Å². The van der Waals surface area contributed by atoms with E-state index < -0.39 is 0 Å². The average molecular weight is 248 g/mol. The molecule has 2 rings (SSSR count). The van der Waals surface area contributed by atoms with Gasteiger partial charge in [0.25, 0.3) is 0 Å². The summed E-state index contributed by atoms with van der Waals surface area (Å²) in [5.41, 5.74) is 7.30. The fraction of sp³-hybridized carbons (Fsp3) is 0.364. The topological polar surface area (TPSA) is 102 Å². The lowest BCUT2D eigenvalue weighted by Gasteiger charge is -2.10. The standard InChI is InChI=1S/C11H16N6O/c1-2-3-18-11-9(12)10(16-7-17-11)14-5-8-4-13-6-15-8/h4,6-7H,2-3,5,12H2,1H3,(H,13,15)(H,14,16,17). The van der Waals surface area contributed by atoms with Gasteiger partial charge in [0, 0.05) is 6.20 Å². The molecule has 96 valence electrons. The maximum atomic E-state index is 5.93. The summed E-state index contributed by atoms with van der Waals surface area (Å²) in [5, 5.41) is 3.10. The number of nitrogens with one attached hydrogen (secondary N) is 2. The van der Waals surface area contributed by atoms with Crippen LogP contribution in [0.2, 0.25) is 0 Å². The molecule has 18 heavy (non-hydrogen) atoms. The molecule has 0 aliphatic rings. The first-order valence-electron chi connectivity index (χ1n) is 5.75. The normalized spacial score (nSPS) is 10.3. The van der Waals surface area contributed by atoms with Crippen LogP contribution in [0.1, 0.15) is 19.0 Å². The maximum absolute atomic E-state index is 5.93. The molecule has 0 bridgehead atoms. The van der Waals surface area contributed by atoms with E-state index in [-0.39, 0.29) is 0 Å². The van der Waals surface area contributed by atoms with Crippen molar-refractivity contribution in [1.29, 1.82) is 0 Å². The van der Waals surface area contributed by atoms with Crippen LogP contribution in [0.15, 0.2) is 18.9 Å². The molecule has 0 spiro atoms. The van der Waals surface area contributed by atoms with E-state index in [4.69, 9.17) is 10.5 Å². The number of hydrogen-bond donors (Lipinski definition) is 3. The minimum Gasteiger partial charge on any atom is -0.476 e. The summed E-state index contributed by atoms with van der Waals surface area (Å²) in [6.07, 6.45) is 5.69. The van der Waals surface area contributed by atoms with E-state index in [1.54, 1.807) is 12.5 Å². The number of H-pyrrole nitrogens is 1. The highest BCUT2D eigenvalue weighted by molar-refractivity contribution is 5.66. The highest BCUT2D eigenvalue weighted by Crippen LogP contribution is 2.24. The lowest BCUT2D eigenvalue weighted by Crippen LogP contribution is -2.08. The molecule has 7 heteroatoms. The third kappa shape index (κ3) is 2.88. The lowest BCUT2D eigenvalue weighted by atomic mass is 10.4. The Morgan fingerprint density at radius 2 is 2.33 bits per heavy atom. The van der Waals surface area contributed by atoms with Crippen LogP contribution in [0.4, 0.5) is 11.5 Å². The molecule has 7 nitrogen and oxygen atoms in total. The second kappa shape index (κ2) is 5.85. The first kappa shape index (κ1) is 12.2. The molecule has 0 saturated carbocycles. The number of nitrogens with zero attached hydrogens (tertiary/aromatic N) is 3. The molecule has 0 unspecified atom stereocenters. The monoisotopic (exact) mass is 248 g/mol. The molecule has 0 amide bonds. The van der Waals surface area contributed by atoms with Gasteiger partial charge in [-0.3, -0.25) is 0 Å². The molecule has 0 radical (unpaired) electrons. The van der Waals surface area contributed by atoms with Gasteiger partial charge in [0.05, 0.1) is 25.2 Å². The highest BCUT2D eigenvalue weighted by Gasteiger charge is 2.08. The van der Waals surface area contributed by atoms with E-state index in [0.717, 1.165) is 12.1 Å². The number of rotatable bonds is 6. The highest BCUT2D eigenvalue weighted by atomic mass is 16.5. The minimum atomic E-state index is 0.416. The number of anilines is 2. The molecule has 2 aromatic heterocycles. The molecular formula is C11H16N6O. The summed E-state index contributed by atoms with van der Waals surface area (Å²) in [6, 6.07) is 0. The van der Waals surface area contributed by atoms with Crippen molar-refractivity contribution >= 4 is 11.5 Å². The van der Waals surface area contributed by atoms with Gasteiger partial charge in [-0.25, -0.2) is 9.97 Å². The number of aromatic amines is 1. The van der Waals surface area contributed by atoms with E-state index in [1.807, 2.05) is 6.92 Å². The number of nitrogen functional groups attached to an aromatic ring is 1. The molecule has 4 N–H and O–H groups in total. The van der Waals surface area contributed by atoms with E-state index in [1.165, 1.54) is 6.33 Å². The van der Waals surface area contributed by atoms with Gasteiger partial charge >= 0.3 is 0 Å². The smallest absolute Gasteiger partial charge is 0.242 e. The zero-order valence-corrected chi connectivity index (χ0v) is 10.2. The molecule has 2 heterocycles. The second-order valence-electron chi connectivity index (χ2n) is 3.72. The summed E-state index contributed by atoms with van der Waals surface area (Å²) in [6.45, 7) is 3.17. The van der Waals surface area contributed by atoms with Crippen molar-refractivity contribution < 1.29 is 4.74 Å². The fourth-order valence-electron chi connectivity index (χ4n) is 1.39. The van der Waals surface area contributed by atoms with Crippen LogP contribution in [0.5, 0.6) is 5.88 Å². The van der Waals surface area contributed by atoms with Crippen LogP contribution in [-0.4, -0.2) is 26.5 Å². The first-order chi connectivity index (χ1) is 8.81. The third-order valence-electron chi connectivity index (χ3n) is 2.29. The molecule has 0 fully saturated rings. The van der Waals surface area contributed by atoms with Crippen molar-refractivity contribution in [2.75, 3.05) is 17.7 Å². The van der Waals surface area contributed by atoms with Crippen molar-refractivity contribution in [2.45, 2.75) is 19.9 Å². The number of imidazole rings is 1. The van der Waals surface area contributed by atoms with E-state index in [9.17, 15) is 0 Å². The van der Waals surface area contributed by atoms with Crippen molar-refractivity contribution in [1.82, 2.24) is 19.9 Å². The van der Waals surface area contributed by atoms with Gasteiger partial charge in [-0.05, 0) is 6.42 Å². The molecule has 2 aromatic rings. The summed E-state index contributed by atoms with van der Waals surface area (Å²) in [7, 11) is 0. The van der Waals surface area contributed by atoms with Gasteiger partial charge in [-0.1, -0.05) is 6.92 Å². The Balaban J connectivity index is 2.03. The molecular weight excluding hydrogens is 232 g/mol. The van der Waals surface area contributed by atoms with Gasteiger partial charge in [0.1, 0.15) is 12.0 Å². The first-order valence-corrected chi connectivity index (χ1v) is 5.75. The molecule has 0 aliphatic carbocycles. The van der Waals surface area contributed by atoms with Gasteiger partial charge < -0.3 is 20.8 Å². The molecule has 0 saturated heterocycles. The Labute approximate surface area is 105 Å². The average Bonchev–Trinajstić information content (AvgIpc) is 2.89. The maximum Gasteiger partial charge on any atom is 0.242 e. The Bertz CT molecular complexity index is 484. The summed E-state index contributed by atoms with van der Waals surface area (Å²) in [4.78, 5) is 15.0. The molecule has 0 aromatic carbocycles. The number of nitrogens with two attached hydrogens (primary N) is 1. The quantitative estimate of drug-likeness (QED) is 0.709. The third-order valence-corrected chi connectivity index (χ3v) is 2.29. The Hall–Kier alpha value is -2.31. The van der Waals surface area contributed by atoms with E-state index >= 15 is 0 Å². The van der Waals surface area contributed by atoms with Crippen molar-refractivity contribution in [3.8, 4) is 5.88 Å². The summed E-state index contributed by atoms with van der Waals surface area (Å²) >= 11 is 0. The predicted molar refractivity (Wildman–Crippen MR) is 68.1 cm³/mol. The van der Waals surface area contributed by atoms with Crippen LogP contribution in [0.3, 0.4) is 0 Å². The summed E-state index contributed by atoms with van der Waals surface area (Å²) in [5.74, 6) is 0.977. The SMILES string of the molecule is CCCOc1ncnc(NCc2cnc[nH]2)c1N. The van der Waals surface area contributed by atoms with Crippen molar-refractivity contribution in [2.24, 2.45) is 0 Å². The van der Waals surface area contributed by atoms with Crippen LogP contribution >= 0.6 is 0 Å². The van der Waals surface area contributed by atoms with Gasteiger partial charge in [-0.2, -0.15) is 4.98 Å². The zero-order chi connectivity index (χ0) is 12.8. The Morgan fingerprint density at radius 3 is 3.06 bits per heavy atom. The van der Waals surface area contributed by atoms with E-state index in [0.29, 0.717) is 30.5 Å². The van der Waals surface area contributed by atoms with Crippen LogP contribution in [0.25, 0.3) is 0 Å². The lowest BCUT2D eigenvalue weighted by molar-refractivity contribution is 0.306. The Kier molecular flexibility index (Phi) is 3.95. The van der Waals surface area contributed by atoms with Gasteiger partial charge in [-0.15, -0.1) is 0 Å². The Morgan fingerprint density at radius 1 is 1.44 bits per heavy atom. The number of aromatic nitrogens is 4. The zero-order valence-electron chi connectivity index (χ0n) is 10.2. The predicted octanol–water partition coefficient (Wildman–Crippen LogP) is 1.18. The van der Waals surface area contributed by atoms with Crippen LogP contribution in [-0.2, 0) is 6.54 Å². The van der Waals surface area contributed by atoms with Crippen LogP contribution < -0.4 is 15.8 Å². The van der Waals surface area contributed by atoms with Crippen molar-refractivity contribution in [3.05, 3.63) is 24.5 Å². The number of hydrogen-bond acceptors (Lipinski definition) is 6. The number of ether oxygens (including phenoxy) is 1. The van der Waals surface area contributed by atoms with Gasteiger partial charge in [0.15, 0.2) is 5.82 Å². The van der Waals surface area contributed by atoms with E-state index in [2.05, 4.69) is 25.3 Å². The molecule has 0 aliphatic heterocycles. The van der Waals surface area contributed by atoms with Gasteiger partial charge in [0.2, 0.25) is 5.88 Å². The minimum absolute atomic E-state index is 0.416. The second-order valence-corrected chi connectivity index (χ2v) is 3.72. The summed E-state index contributed by atoms with van der Waals surface area (Å²) < 4.78 is 5.43. The largest absolute Gasteiger partial charge is 0.476 e. The fourth-order valence-corrected chi connectivity index (χ4v) is 1.39.